The second kappa shape index (κ2) is 5.49. The highest BCUT2D eigenvalue weighted by molar-refractivity contribution is 6.00. The Kier molecular flexibility index (Phi) is 3.53. The first-order valence-electron chi connectivity index (χ1n) is 7.07. The topological polar surface area (TPSA) is 30.0 Å². The molecule has 0 radical (unpaired) electrons. The van der Waals surface area contributed by atoms with Crippen LogP contribution in [0.3, 0.4) is 0 Å². The van der Waals surface area contributed by atoms with Crippen LogP contribution in [0.1, 0.15) is 27.0 Å². The molecular formula is C19H17NO. The lowest BCUT2D eigenvalue weighted by molar-refractivity contribution is 0.0993. The standard InChI is InChI=1S/C19H17NO/c1-13-5-6-14(2)17(10-13)12-19(21)16-8-7-15-4-3-9-20-18(15)11-16/h3-11H,12H2,1-2H3. The fourth-order valence-electron chi connectivity index (χ4n) is 2.51. The number of ketones is 1. The van der Waals surface area contributed by atoms with Gasteiger partial charge in [-0.25, -0.2) is 0 Å². The van der Waals surface area contributed by atoms with Crippen LogP contribution in [0.4, 0.5) is 0 Å². The lowest BCUT2D eigenvalue weighted by Gasteiger charge is -2.07. The summed E-state index contributed by atoms with van der Waals surface area (Å²) in [5.74, 6) is 0.135. The molecule has 0 bridgehead atoms. The third-order valence-electron chi connectivity index (χ3n) is 3.78. The van der Waals surface area contributed by atoms with E-state index in [1.54, 1.807) is 6.20 Å². The number of rotatable bonds is 3. The number of aryl methyl sites for hydroxylation is 2. The Labute approximate surface area is 124 Å². The average Bonchev–Trinajstić information content (AvgIpc) is 2.50. The summed E-state index contributed by atoms with van der Waals surface area (Å²) >= 11 is 0. The molecule has 2 aromatic carbocycles. The normalized spacial score (nSPS) is 10.8. The van der Waals surface area contributed by atoms with Crippen LogP contribution < -0.4 is 0 Å². The molecule has 0 amide bonds. The Morgan fingerprint density at radius 3 is 2.76 bits per heavy atom. The van der Waals surface area contributed by atoms with E-state index in [9.17, 15) is 4.79 Å². The van der Waals surface area contributed by atoms with Gasteiger partial charge in [0.05, 0.1) is 5.52 Å². The third kappa shape index (κ3) is 2.84. The molecule has 0 aliphatic heterocycles. The fourth-order valence-corrected chi connectivity index (χ4v) is 2.51. The highest BCUT2D eigenvalue weighted by Crippen LogP contribution is 2.17. The molecule has 3 rings (SSSR count). The lowest BCUT2D eigenvalue weighted by Crippen LogP contribution is -2.05. The molecule has 0 aliphatic rings. The number of nitrogens with zero attached hydrogens (tertiary/aromatic N) is 1. The van der Waals surface area contributed by atoms with Crippen LogP contribution in [-0.4, -0.2) is 10.8 Å². The Bertz CT molecular complexity index is 821. The van der Waals surface area contributed by atoms with Crippen LogP contribution >= 0.6 is 0 Å². The van der Waals surface area contributed by atoms with Crippen molar-refractivity contribution in [3.63, 3.8) is 0 Å². The largest absolute Gasteiger partial charge is 0.294 e. The van der Waals surface area contributed by atoms with E-state index in [-0.39, 0.29) is 5.78 Å². The summed E-state index contributed by atoms with van der Waals surface area (Å²) in [6.07, 6.45) is 2.19. The minimum absolute atomic E-state index is 0.135. The zero-order valence-corrected chi connectivity index (χ0v) is 12.3. The van der Waals surface area contributed by atoms with Gasteiger partial charge < -0.3 is 0 Å². The molecule has 0 spiro atoms. The highest BCUT2D eigenvalue weighted by atomic mass is 16.1. The van der Waals surface area contributed by atoms with Crippen LogP contribution in [0.5, 0.6) is 0 Å². The van der Waals surface area contributed by atoms with Gasteiger partial charge in [0.2, 0.25) is 0 Å². The predicted octanol–water partition coefficient (Wildman–Crippen LogP) is 4.28. The van der Waals surface area contributed by atoms with E-state index in [4.69, 9.17) is 0 Å². The molecule has 0 atom stereocenters. The molecule has 0 aliphatic carbocycles. The first-order chi connectivity index (χ1) is 10.1. The number of hydrogen-bond acceptors (Lipinski definition) is 2. The third-order valence-corrected chi connectivity index (χ3v) is 3.78. The van der Waals surface area contributed by atoms with Crippen molar-refractivity contribution >= 4 is 16.7 Å². The zero-order valence-electron chi connectivity index (χ0n) is 12.3. The summed E-state index contributed by atoms with van der Waals surface area (Å²) in [6.45, 7) is 4.09. The second-order valence-corrected chi connectivity index (χ2v) is 5.44. The van der Waals surface area contributed by atoms with E-state index in [1.165, 1.54) is 5.56 Å². The van der Waals surface area contributed by atoms with Crippen LogP contribution in [0.15, 0.2) is 54.7 Å². The van der Waals surface area contributed by atoms with Gasteiger partial charge in [-0.05, 0) is 37.1 Å². The molecule has 0 unspecified atom stereocenters. The molecule has 0 saturated carbocycles. The van der Waals surface area contributed by atoms with Crippen LogP contribution in [-0.2, 0) is 6.42 Å². The second-order valence-electron chi connectivity index (χ2n) is 5.44. The maximum absolute atomic E-state index is 12.5. The summed E-state index contributed by atoms with van der Waals surface area (Å²) in [5, 5.41) is 1.06. The van der Waals surface area contributed by atoms with Gasteiger partial charge in [-0.2, -0.15) is 0 Å². The first-order valence-corrected chi connectivity index (χ1v) is 7.07. The summed E-state index contributed by atoms with van der Waals surface area (Å²) in [7, 11) is 0. The fraction of sp³-hybridized carbons (Fsp3) is 0.158. The van der Waals surface area contributed by atoms with Crippen LogP contribution in [0.25, 0.3) is 10.9 Å². The van der Waals surface area contributed by atoms with Gasteiger partial charge in [0, 0.05) is 23.6 Å². The van der Waals surface area contributed by atoms with Crippen molar-refractivity contribution in [2.75, 3.05) is 0 Å². The SMILES string of the molecule is Cc1ccc(C)c(CC(=O)c2ccc3cccnc3c2)c1. The maximum atomic E-state index is 12.5. The van der Waals surface area contributed by atoms with Gasteiger partial charge in [-0.1, -0.05) is 42.0 Å². The smallest absolute Gasteiger partial charge is 0.167 e. The molecular weight excluding hydrogens is 258 g/mol. The Hall–Kier alpha value is -2.48. The van der Waals surface area contributed by atoms with Gasteiger partial charge in [0.25, 0.3) is 0 Å². The van der Waals surface area contributed by atoms with E-state index in [0.717, 1.165) is 27.6 Å². The monoisotopic (exact) mass is 275 g/mol. The number of Topliss-reactive ketones (excluding diaryl/α,β-unsaturated/α-hetero) is 1. The van der Waals surface area contributed by atoms with E-state index in [0.29, 0.717) is 6.42 Å². The minimum atomic E-state index is 0.135. The molecule has 1 heterocycles. The average molecular weight is 275 g/mol. The van der Waals surface area contributed by atoms with Crippen molar-refractivity contribution in [3.05, 3.63) is 77.0 Å². The van der Waals surface area contributed by atoms with E-state index in [2.05, 4.69) is 23.2 Å². The van der Waals surface area contributed by atoms with Gasteiger partial charge in [0.15, 0.2) is 5.78 Å². The molecule has 2 nitrogen and oxygen atoms in total. The number of carbonyl (C=O) groups is 1. The molecule has 0 N–H and O–H groups in total. The molecule has 0 saturated heterocycles. The van der Waals surface area contributed by atoms with Crippen LogP contribution in [0, 0.1) is 13.8 Å². The first kappa shape index (κ1) is 13.5. The van der Waals surface area contributed by atoms with Gasteiger partial charge >= 0.3 is 0 Å². The van der Waals surface area contributed by atoms with Gasteiger partial charge in [-0.15, -0.1) is 0 Å². The van der Waals surface area contributed by atoms with Crippen molar-refractivity contribution in [1.82, 2.24) is 4.98 Å². The van der Waals surface area contributed by atoms with Crippen molar-refractivity contribution in [3.8, 4) is 0 Å². The van der Waals surface area contributed by atoms with E-state index < -0.39 is 0 Å². The Balaban J connectivity index is 1.91. The summed E-state index contributed by atoms with van der Waals surface area (Å²) < 4.78 is 0. The number of pyridine rings is 1. The number of aromatic nitrogens is 1. The molecule has 104 valence electrons. The molecule has 1 aromatic heterocycles. The predicted molar refractivity (Wildman–Crippen MR) is 85.7 cm³/mol. The molecule has 3 aromatic rings. The van der Waals surface area contributed by atoms with E-state index in [1.807, 2.05) is 44.2 Å². The zero-order chi connectivity index (χ0) is 14.8. The number of carbonyl (C=O) groups excluding carboxylic acids is 1. The maximum Gasteiger partial charge on any atom is 0.167 e. The Morgan fingerprint density at radius 2 is 1.90 bits per heavy atom. The van der Waals surface area contributed by atoms with Crippen molar-refractivity contribution in [2.45, 2.75) is 20.3 Å². The summed E-state index contributed by atoms with van der Waals surface area (Å²) in [6, 6.07) is 15.9. The molecule has 2 heteroatoms. The van der Waals surface area contributed by atoms with Gasteiger partial charge in [0.1, 0.15) is 0 Å². The molecule has 0 fully saturated rings. The van der Waals surface area contributed by atoms with Crippen molar-refractivity contribution in [1.29, 1.82) is 0 Å². The number of hydrogen-bond donors (Lipinski definition) is 0. The Morgan fingerprint density at radius 1 is 1.05 bits per heavy atom. The number of benzene rings is 2. The van der Waals surface area contributed by atoms with Crippen LogP contribution in [0.2, 0.25) is 0 Å². The quantitative estimate of drug-likeness (QED) is 0.668. The van der Waals surface area contributed by atoms with E-state index >= 15 is 0 Å². The summed E-state index contributed by atoms with van der Waals surface area (Å²) in [4.78, 5) is 16.8. The van der Waals surface area contributed by atoms with Gasteiger partial charge in [-0.3, -0.25) is 9.78 Å². The molecule has 21 heavy (non-hydrogen) atoms. The number of fused-ring (bicyclic) bond motifs is 1. The summed E-state index contributed by atoms with van der Waals surface area (Å²) in [5.41, 5.74) is 5.03. The van der Waals surface area contributed by atoms with Crippen molar-refractivity contribution in [2.24, 2.45) is 0 Å². The highest BCUT2D eigenvalue weighted by Gasteiger charge is 2.10. The minimum Gasteiger partial charge on any atom is -0.294 e. The van der Waals surface area contributed by atoms with Crippen molar-refractivity contribution < 1.29 is 4.79 Å². The lowest BCUT2D eigenvalue weighted by atomic mass is 9.97.